The van der Waals surface area contributed by atoms with Gasteiger partial charge in [0.1, 0.15) is 6.04 Å². The van der Waals surface area contributed by atoms with Crippen molar-refractivity contribution < 1.29 is 9.59 Å². The molecule has 1 aromatic rings. The molecule has 23 heavy (non-hydrogen) atoms. The summed E-state index contributed by atoms with van der Waals surface area (Å²) in [6.45, 7) is 1.82. The number of hydrogen-bond donors (Lipinski definition) is 3. The summed E-state index contributed by atoms with van der Waals surface area (Å²) in [5.74, 6) is -0.0651. The molecule has 0 spiro atoms. The van der Waals surface area contributed by atoms with E-state index in [0.717, 1.165) is 31.2 Å². The highest BCUT2D eigenvalue weighted by molar-refractivity contribution is 5.87. The van der Waals surface area contributed by atoms with Crippen molar-refractivity contribution in [2.75, 3.05) is 6.54 Å². The molecule has 4 N–H and O–H groups in total. The molecular formula is C17H26ClN3O2. The maximum atomic E-state index is 12.4. The third kappa shape index (κ3) is 5.84. The van der Waals surface area contributed by atoms with Gasteiger partial charge in [-0.25, -0.2) is 0 Å². The van der Waals surface area contributed by atoms with Crippen LogP contribution in [0.5, 0.6) is 0 Å². The fourth-order valence-electron chi connectivity index (χ4n) is 3.05. The molecule has 2 atom stereocenters. The second-order valence-electron chi connectivity index (χ2n) is 5.99. The Balaban J connectivity index is 0.00000264. The minimum absolute atomic E-state index is 0. The zero-order chi connectivity index (χ0) is 15.9. The van der Waals surface area contributed by atoms with E-state index >= 15 is 0 Å². The molecule has 1 fully saturated rings. The molecule has 0 saturated heterocycles. The number of amides is 2. The highest BCUT2D eigenvalue weighted by Gasteiger charge is 2.31. The van der Waals surface area contributed by atoms with Gasteiger partial charge in [0.25, 0.3) is 0 Å². The molecule has 6 heteroatoms. The summed E-state index contributed by atoms with van der Waals surface area (Å²) >= 11 is 0. The number of nitrogens with one attached hydrogen (secondary N) is 2. The monoisotopic (exact) mass is 339 g/mol. The van der Waals surface area contributed by atoms with Crippen molar-refractivity contribution >= 4 is 24.2 Å². The third-order valence-electron chi connectivity index (χ3n) is 4.24. The Morgan fingerprint density at radius 2 is 1.83 bits per heavy atom. The molecule has 1 aromatic carbocycles. The fraction of sp³-hybridized carbons (Fsp3) is 0.529. The van der Waals surface area contributed by atoms with Crippen LogP contribution in [0.25, 0.3) is 0 Å². The van der Waals surface area contributed by atoms with Crippen LogP contribution in [-0.4, -0.2) is 24.4 Å². The molecule has 2 amide bonds. The predicted octanol–water partition coefficient (Wildman–Crippen LogP) is 1.92. The largest absolute Gasteiger partial charge is 0.352 e. The van der Waals surface area contributed by atoms with Gasteiger partial charge in [0.2, 0.25) is 11.8 Å². The summed E-state index contributed by atoms with van der Waals surface area (Å²) in [6, 6.07) is 8.99. The van der Waals surface area contributed by atoms with E-state index in [1.54, 1.807) is 0 Å². The predicted molar refractivity (Wildman–Crippen MR) is 93.2 cm³/mol. The normalized spacial score (nSPS) is 17.0. The Labute approximate surface area is 143 Å². The highest BCUT2D eigenvalue weighted by Crippen LogP contribution is 2.28. The molecule has 1 aliphatic carbocycles. The maximum absolute atomic E-state index is 12.4. The van der Waals surface area contributed by atoms with E-state index < -0.39 is 6.04 Å². The smallest absolute Gasteiger partial charge is 0.242 e. The lowest BCUT2D eigenvalue weighted by molar-refractivity contribution is -0.129. The van der Waals surface area contributed by atoms with Crippen LogP contribution in [0.2, 0.25) is 0 Å². The van der Waals surface area contributed by atoms with Gasteiger partial charge in [-0.1, -0.05) is 43.2 Å². The number of carbonyl (C=O) groups is 2. The van der Waals surface area contributed by atoms with Crippen LogP contribution in [0.1, 0.15) is 44.2 Å². The van der Waals surface area contributed by atoms with Gasteiger partial charge in [0.15, 0.2) is 0 Å². The van der Waals surface area contributed by atoms with Gasteiger partial charge in [-0.15, -0.1) is 12.4 Å². The first-order valence-electron chi connectivity index (χ1n) is 7.93. The number of benzene rings is 1. The molecular weight excluding hydrogens is 314 g/mol. The van der Waals surface area contributed by atoms with Crippen LogP contribution in [0.3, 0.4) is 0 Å². The first kappa shape index (κ1) is 19.5. The molecule has 2 rings (SSSR count). The van der Waals surface area contributed by atoms with Gasteiger partial charge in [-0.05, 0) is 24.3 Å². The van der Waals surface area contributed by atoms with Crippen molar-refractivity contribution in [1.29, 1.82) is 0 Å². The van der Waals surface area contributed by atoms with Crippen molar-refractivity contribution in [2.45, 2.75) is 44.7 Å². The first-order valence-corrected chi connectivity index (χ1v) is 7.93. The number of rotatable bonds is 6. The minimum Gasteiger partial charge on any atom is -0.352 e. The number of halogens is 1. The Bertz CT molecular complexity index is 504. The van der Waals surface area contributed by atoms with E-state index in [9.17, 15) is 9.59 Å². The molecule has 128 valence electrons. The average Bonchev–Trinajstić information content (AvgIpc) is 3.04. The molecule has 1 aliphatic rings. The second-order valence-corrected chi connectivity index (χ2v) is 5.99. The standard InChI is InChI=1S/C17H25N3O2.ClH/c1-12(21)20-16(14-9-5-6-10-14)17(22)19-11-15(18)13-7-3-2-4-8-13;/h2-4,7-8,14-16H,5-6,9-11,18H2,1H3,(H,19,22)(H,20,21);1H. The summed E-state index contributed by atoms with van der Waals surface area (Å²) in [6.07, 6.45) is 4.22. The first-order chi connectivity index (χ1) is 10.6. The van der Waals surface area contributed by atoms with E-state index in [-0.39, 0.29) is 36.2 Å². The van der Waals surface area contributed by atoms with E-state index in [0.29, 0.717) is 6.54 Å². The number of hydrogen-bond acceptors (Lipinski definition) is 3. The molecule has 0 heterocycles. The molecule has 1 saturated carbocycles. The number of nitrogens with two attached hydrogens (primary N) is 1. The lowest BCUT2D eigenvalue weighted by atomic mass is 9.97. The zero-order valence-corrected chi connectivity index (χ0v) is 14.3. The number of carbonyl (C=O) groups excluding carboxylic acids is 2. The van der Waals surface area contributed by atoms with E-state index in [4.69, 9.17) is 5.73 Å². The molecule has 5 nitrogen and oxygen atoms in total. The minimum atomic E-state index is -0.442. The average molecular weight is 340 g/mol. The summed E-state index contributed by atoms with van der Waals surface area (Å²) in [5.41, 5.74) is 7.08. The quantitative estimate of drug-likeness (QED) is 0.740. The third-order valence-corrected chi connectivity index (χ3v) is 4.24. The maximum Gasteiger partial charge on any atom is 0.242 e. The van der Waals surface area contributed by atoms with Gasteiger partial charge >= 0.3 is 0 Å². The molecule has 0 radical (unpaired) electrons. The van der Waals surface area contributed by atoms with Crippen LogP contribution in [0.4, 0.5) is 0 Å². The van der Waals surface area contributed by atoms with Crippen molar-refractivity contribution in [3.8, 4) is 0 Å². The summed E-state index contributed by atoms with van der Waals surface area (Å²) in [7, 11) is 0. The van der Waals surface area contributed by atoms with Crippen molar-refractivity contribution in [3.05, 3.63) is 35.9 Å². The fourth-order valence-corrected chi connectivity index (χ4v) is 3.05. The van der Waals surface area contributed by atoms with E-state index in [1.807, 2.05) is 30.3 Å². The highest BCUT2D eigenvalue weighted by atomic mass is 35.5. The van der Waals surface area contributed by atoms with Gasteiger partial charge in [0, 0.05) is 19.5 Å². The van der Waals surface area contributed by atoms with Crippen molar-refractivity contribution in [3.63, 3.8) is 0 Å². The van der Waals surface area contributed by atoms with Gasteiger partial charge in [0.05, 0.1) is 0 Å². The SMILES string of the molecule is CC(=O)NC(C(=O)NCC(N)c1ccccc1)C1CCCC1.Cl. The van der Waals surface area contributed by atoms with Crippen LogP contribution in [-0.2, 0) is 9.59 Å². The Hall–Kier alpha value is -1.59. The summed E-state index contributed by atoms with van der Waals surface area (Å²) in [4.78, 5) is 23.8. The summed E-state index contributed by atoms with van der Waals surface area (Å²) < 4.78 is 0. The van der Waals surface area contributed by atoms with Crippen molar-refractivity contribution in [1.82, 2.24) is 10.6 Å². The van der Waals surface area contributed by atoms with E-state index in [1.165, 1.54) is 6.92 Å². The summed E-state index contributed by atoms with van der Waals surface area (Å²) in [5, 5.41) is 5.68. The van der Waals surface area contributed by atoms with Crippen LogP contribution < -0.4 is 16.4 Å². The Morgan fingerprint density at radius 1 is 1.22 bits per heavy atom. The zero-order valence-electron chi connectivity index (χ0n) is 13.5. The van der Waals surface area contributed by atoms with Crippen LogP contribution >= 0.6 is 12.4 Å². The lowest BCUT2D eigenvalue weighted by Gasteiger charge is -2.24. The molecule has 0 aromatic heterocycles. The van der Waals surface area contributed by atoms with Crippen LogP contribution in [0, 0.1) is 5.92 Å². The second kappa shape index (κ2) is 9.53. The molecule has 0 bridgehead atoms. The van der Waals surface area contributed by atoms with Crippen LogP contribution in [0.15, 0.2) is 30.3 Å². The van der Waals surface area contributed by atoms with Gasteiger partial charge in [-0.3, -0.25) is 9.59 Å². The Morgan fingerprint density at radius 3 is 2.39 bits per heavy atom. The Kier molecular flexibility index (Phi) is 8.06. The van der Waals surface area contributed by atoms with Crippen molar-refractivity contribution in [2.24, 2.45) is 11.7 Å². The topological polar surface area (TPSA) is 84.2 Å². The van der Waals surface area contributed by atoms with Gasteiger partial charge < -0.3 is 16.4 Å². The lowest BCUT2D eigenvalue weighted by Crippen LogP contribution is -2.50. The van der Waals surface area contributed by atoms with E-state index in [2.05, 4.69) is 10.6 Å². The molecule has 2 unspecified atom stereocenters. The van der Waals surface area contributed by atoms with Gasteiger partial charge in [-0.2, -0.15) is 0 Å². The molecule has 0 aliphatic heterocycles.